The lowest BCUT2D eigenvalue weighted by Crippen LogP contribution is -2.17. The fourth-order valence-electron chi connectivity index (χ4n) is 1.35. The van der Waals surface area contributed by atoms with Crippen LogP contribution in [0.5, 0.6) is 0 Å². The van der Waals surface area contributed by atoms with Gasteiger partial charge < -0.3 is 15.8 Å². The number of ether oxygens (including phenoxy) is 1. The van der Waals surface area contributed by atoms with Crippen molar-refractivity contribution in [2.75, 3.05) is 24.7 Å². The van der Waals surface area contributed by atoms with Crippen molar-refractivity contribution in [2.24, 2.45) is 11.8 Å². The van der Waals surface area contributed by atoms with Gasteiger partial charge in [0, 0.05) is 6.54 Å². The molecule has 1 aromatic heterocycles. The summed E-state index contributed by atoms with van der Waals surface area (Å²) in [7, 11) is 1.33. The van der Waals surface area contributed by atoms with Crippen LogP contribution in [-0.4, -0.2) is 24.6 Å². The van der Waals surface area contributed by atoms with Crippen LogP contribution in [-0.2, 0) is 4.74 Å². The lowest BCUT2D eigenvalue weighted by atomic mass is 9.98. The lowest BCUT2D eigenvalue weighted by molar-refractivity contribution is 0.0602. The van der Waals surface area contributed by atoms with Crippen LogP contribution >= 0.6 is 0 Å². The number of nitrogen functional groups attached to an aromatic ring is 1. The largest absolute Gasteiger partial charge is 0.465 e. The summed E-state index contributed by atoms with van der Waals surface area (Å²) in [6.45, 7) is 7.30. The molecule has 1 unspecified atom stereocenters. The van der Waals surface area contributed by atoms with Gasteiger partial charge in [0.05, 0.1) is 24.6 Å². The number of esters is 1. The Morgan fingerprint density at radius 3 is 2.72 bits per heavy atom. The number of carbonyl (C=O) groups is 1. The molecule has 1 rings (SSSR count). The normalized spacial score (nSPS) is 12.3. The Bertz CT molecular complexity index is 419. The molecule has 1 atom stereocenters. The number of nitrogens with one attached hydrogen (secondary N) is 1. The van der Waals surface area contributed by atoms with E-state index in [2.05, 4.69) is 35.8 Å². The minimum Gasteiger partial charge on any atom is -0.465 e. The molecule has 18 heavy (non-hydrogen) atoms. The number of pyridine rings is 1. The first-order valence-corrected chi connectivity index (χ1v) is 6.03. The van der Waals surface area contributed by atoms with Gasteiger partial charge in [0.25, 0.3) is 0 Å². The van der Waals surface area contributed by atoms with Gasteiger partial charge >= 0.3 is 5.97 Å². The summed E-state index contributed by atoms with van der Waals surface area (Å²) in [5.74, 6) is 1.30. The molecule has 0 spiro atoms. The summed E-state index contributed by atoms with van der Waals surface area (Å²) >= 11 is 0. The second kappa shape index (κ2) is 6.23. The summed E-state index contributed by atoms with van der Waals surface area (Å²) < 4.78 is 4.66. The molecule has 0 aliphatic heterocycles. The molecular formula is C13H21N3O2. The molecule has 0 bridgehead atoms. The van der Waals surface area contributed by atoms with Crippen LogP contribution in [0.1, 0.15) is 31.1 Å². The first-order chi connectivity index (χ1) is 8.45. The molecule has 0 aliphatic rings. The molecule has 5 nitrogen and oxygen atoms in total. The van der Waals surface area contributed by atoms with E-state index in [0.29, 0.717) is 28.9 Å². The van der Waals surface area contributed by atoms with Crippen LogP contribution in [0.4, 0.5) is 11.5 Å². The zero-order valence-electron chi connectivity index (χ0n) is 11.4. The summed E-state index contributed by atoms with van der Waals surface area (Å²) in [6, 6.07) is 1.62. The lowest BCUT2D eigenvalue weighted by Gasteiger charge is -2.16. The molecule has 0 saturated carbocycles. The second-order valence-corrected chi connectivity index (χ2v) is 4.75. The number of hydrogen-bond donors (Lipinski definition) is 2. The summed E-state index contributed by atoms with van der Waals surface area (Å²) in [6.07, 6.45) is 1.47. The van der Waals surface area contributed by atoms with E-state index in [1.807, 2.05) is 0 Å². The molecule has 0 aliphatic carbocycles. The van der Waals surface area contributed by atoms with Crippen LogP contribution < -0.4 is 11.1 Å². The van der Waals surface area contributed by atoms with Crippen molar-refractivity contribution in [2.45, 2.75) is 20.8 Å². The van der Waals surface area contributed by atoms with Crippen LogP contribution in [0, 0.1) is 11.8 Å². The molecule has 1 heterocycles. The van der Waals surface area contributed by atoms with Crippen molar-refractivity contribution in [1.82, 2.24) is 4.98 Å². The fraction of sp³-hybridized carbons (Fsp3) is 0.538. The molecule has 0 fully saturated rings. The van der Waals surface area contributed by atoms with Gasteiger partial charge in [0.2, 0.25) is 0 Å². The zero-order chi connectivity index (χ0) is 13.7. The number of anilines is 2. The highest BCUT2D eigenvalue weighted by atomic mass is 16.5. The van der Waals surface area contributed by atoms with Crippen molar-refractivity contribution in [3.63, 3.8) is 0 Å². The third kappa shape index (κ3) is 3.61. The van der Waals surface area contributed by atoms with Gasteiger partial charge in [-0.1, -0.05) is 20.8 Å². The molecule has 5 heteroatoms. The predicted molar refractivity (Wildman–Crippen MR) is 72.5 cm³/mol. The van der Waals surface area contributed by atoms with Crippen LogP contribution in [0.2, 0.25) is 0 Å². The number of aromatic nitrogens is 1. The molecule has 1 aromatic rings. The van der Waals surface area contributed by atoms with E-state index in [1.165, 1.54) is 13.3 Å². The van der Waals surface area contributed by atoms with Gasteiger partial charge in [0.15, 0.2) is 0 Å². The first kappa shape index (κ1) is 14.3. The Kier molecular flexibility index (Phi) is 4.95. The Morgan fingerprint density at radius 2 is 2.17 bits per heavy atom. The molecule has 3 N–H and O–H groups in total. The smallest absolute Gasteiger partial charge is 0.340 e. The Labute approximate surface area is 108 Å². The summed E-state index contributed by atoms with van der Waals surface area (Å²) in [5, 5.41) is 3.20. The average molecular weight is 251 g/mol. The van der Waals surface area contributed by atoms with E-state index in [1.54, 1.807) is 6.07 Å². The van der Waals surface area contributed by atoms with E-state index in [-0.39, 0.29) is 0 Å². The van der Waals surface area contributed by atoms with Crippen molar-refractivity contribution >= 4 is 17.5 Å². The maximum Gasteiger partial charge on any atom is 0.340 e. The highest BCUT2D eigenvalue weighted by molar-refractivity contribution is 5.95. The number of carbonyl (C=O) groups excluding carboxylic acids is 1. The van der Waals surface area contributed by atoms with E-state index >= 15 is 0 Å². The SMILES string of the molecule is COC(=O)c1cc(NCC(C)C(C)C)ncc1N. The minimum atomic E-state index is -0.449. The van der Waals surface area contributed by atoms with Gasteiger partial charge in [0.1, 0.15) is 5.82 Å². The third-order valence-electron chi connectivity index (χ3n) is 3.08. The number of hydrogen-bond acceptors (Lipinski definition) is 5. The quantitative estimate of drug-likeness (QED) is 0.784. The third-order valence-corrected chi connectivity index (χ3v) is 3.08. The number of nitrogens with zero attached hydrogens (tertiary/aromatic N) is 1. The zero-order valence-corrected chi connectivity index (χ0v) is 11.4. The van der Waals surface area contributed by atoms with Gasteiger partial charge in [-0.05, 0) is 17.9 Å². The molecular weight excluding hydrogens is 230 g/mol. The molecule has 0 saturated heterocycles. The molecule has 0 aromatic carbocycles. The maximum atomic E-state index is 11.5. The Balaban J connectivity index is 2.76. The van der Waals surface area contributed by atoms with Crippen LogP contribution in [0.15, 0.2) is 12.3 Å². The van der Waals surface area contributed by atoms with Crippen LogP contribution in [0.3, 0.4) is 0 Å². The van der Waals surface area contributed by atoms with E-state index in [9.17, 15) is 4.79 Å². The second-order valence-electron chi connectivity index (χ2n) is 4.75. The van der Waals surface area contributed by atoms with Crippen molar-refractivity contribution in [3.05, 3.63) is 17.8 Å². The average Bonchev–Trinajstić information content (AvgIpc) is 2.36. The molecule has 100 valence electrons. The summed E-state index contributed by atoms with van der Waals surface area (Å²) in [5.41, 5.74) is 6.34. The van der Waals surface area contributed by atoms with Crippen LogP contribution in [0.25, 0.3) is 0 Å². The van der Waals surface area contributed by atoms with Gasteiger partial charge in [-0.25, -0.2) is 9.78 Å². The van der Waals surface area contributed by atoms with Gasteiger partial charge in [-0.15, -0.1) is 0 Å². The van der Waals surface area contributed by atoms with E-state index in [4.69, 9.17) is 5.73 Å². The Morgan fingerprint density at radius 1 is 1.50 bits per heavy atom. The molecule has 0 amide bonds. The summed E-state index contributed by atoms with van der Waals surface area (Å²) in [4.78, 5) is 15.6. The highest BCUT2D eigenvalue weighted by Gasteiger charge is 2.12. The number of methoxy groups -OCH3 is 1. The minimum absolute atomic E-state index is 0.323. The van der Waals surface area contributed by atoms with E-state index in [0.717, 1.165) is 6.54 Å². The Hall–Kier alpha value is -1.78. The first-order valence-electron chi connectivity index (χ1n) is 6.03. The standard InChI is InChI=1S/C13H21N3O2/c1-8(2)9(3)6-15-12-5-10(13(17)18-4)11(14)7-16-12/h5,7-9H,6,14H2,1-4H3,(H,15,16). The van der Waals surface area contributed by atoms with Crippen molar-refractivity contribution in [1.29, 1.82) is 0 Å². The number of rotatable bonds is 5. The van der Waals surface area contributed by atoms with Crippen molar-refractivity contribution < 1.29 is 9.53 Å². The maximum absolute atomic E-state index is 11.5. The van der Waals surface area contributed by atoms with E-state index < -0.39 is 5.97 Å². The molecule has 0 radical (unpaired) electrons. The van der Waals surface area contributed by atoms with Gasteiger partial charge in [-0.2, -0.15) is 0 Å². The number of nitrogens with two attached hydrogens (primary N) is 1. The topological polar surface area (TPSA) is 77.2 Å². The predicted octanol–water partition coefficient (Wildman–Crippen LogP) is 2.15. The highest BCUT2D eigenvalue weighted by Crippen LogP contribution is 2.17. The van der Waals surface area contributed by atoms with Gasteiger partial charge in [-0.3, -0.25) is 0 Å². The van der Waals surface area contributed by atoms with Crippen molar-refractivity contribution in [3.8, 4) is 0 Å². The monoisotopic (exact) mass is 251 g/mol. The fourth-order valence-corrected chi connectivity index (χ4v) is 1.35.